The molecule has 0 atom stereocenters. The molecule has 0 saturated heterocycles. The number of rotatable bonds is 3. The summed E-state index contributed by atoms with van der Waals surface area (Å²) >= 11 is 0. The summed E-state index contributed by atoms with van der Waals surface area (Å²) in [4.78, 5) is 0. The largest absolute Gasteiger partial charge is 0.124 e. The molecular formula is C18H20. The van der Waals surface area contributed by atoms with Gasteiger partial charge in [-0.15, -0.1) is 12.8 Å². The third-order valence-electron chi connectivity index (χ3n) is 3.17. The van der Waals surface area contributed by atoms with Gasteiger partial charge in [-0.25, -0.2) is 0 Å². The molecule has 0 aromatic heterocycles. The van der Waals surface area contributed by atoms with Crippen LogP contribution in [0.5, 0.6) is 0 Å². The van der Waals surface area contributed by atoms with Gasteiger partial charge < -0.3 is 0 Å². The second-order valence-electron chi connectivity index (χ2n) is 4.16. The highest BCUT2D eigenvalue weighted by Crippen LogP contribution is 2.34. The van der Waals surface area contributed by atoms with E-state index in [0.29, 0.717) is 0 Å². The van der Waals surface area contributed by atoms with E-state index in [1.54, 1.807) is 0 Å². The fourth-order valence-corrected chi connectivity index (χ4v) is 2.34. The van der Waals surface area contributed by atoms with Crippen molar-refractivity contribution in [1.29, 1.82) is 0 Å². The highest BCUT2D eigenvalue weighted by molar-refractivity contribution is 5.84. The zero-order chi connectivity index (χ0) is 13.5. The average Bonchev–Trinajstić information content (AvgIpc) is 2.77. The Morgan fingerprint density at radius 1 is 1.33 bits per heavy atom. The first-order chi connectivity index (χ1) is 8.80. The SMILES string of the molecule is C#C.C=CC1=C(/C=C\C)Cc2cc(CC)ccc21. The highest BCUT2D eigenvalue weighted by Gasteiger charge is 2.17. The summed E-state index contributed by atoms with van der Waals surface area (Å²) in [6.45, 7) is 8.19. The van der Waals surface area contributed by atoms with E-state index in [1.165, 1.54) is 27.8 Å². The molecule has 0 amide bonds. The molecule has 0 spiro atoms. The van der Waals surface area contributed by atoms with Gasteiger partial charge in [0.25, 0.3) is 0 Å². The van der Waals surface area contributed by atoms with Crippen LogP contribution < -0.4 is 0 Å². The van der Waals surface area contributed by atoms with Gasteiger partial charge in [0.2, 0.25) is 0 Å². The quantitative estimate of drug-likeness (QED) is 0.674. The van der Waals surface area contributed by atoms with Gasteiger partial charge >= 0.3 is 0 Å². The van der Waals surface area contributed by atoms with E-state index in [0.717, 1.165) is 12.8 Å². The molecule has 1 aromatic carbocycles. The maximum atomic E-state index is 4.00. The number of benzene rings is 1. The Morgan fingerprint density at radius 2 is 2.06 bits per heavy atom. The number of fused-ring (bicyclic) bond motifs is 1. The predicted octanol–water partition coefficient (Wildman–Crippen LogP) is 4.57. The summed E-state index contributed by atoms with van der Waals surface area (Å²) in [6.07, 6.45) is 16.4. The van der Waals surface area contributed by atoms with E-state index in [-0.39, 0.29) is 0 Å². The maximum Gasteiger partial charge on any atom is -0.00135 e. The molecule has 2 rings (SSSR count). The van der Waals surface area contributed by atoms with Crippen molar-refractivity contribution in [2.45, 2.75) is 26.7 Å². The van der Waals surface area contributed by atoms with Crippen LogP contribution in [0.15, 0.2) is 48.6 Å². The molecule has 0 fully saturated rings. The summed E-state index contributed by atoms with van der Waals surface area (Å²) in [6, 6.07) is 6.79. The molecule has 0 heterocycles. The van der Waals surface area contributed by atoms with E-state index in [1.807, 2.05) is 6.08 Å². The maximum absolute atomic E-state index is 4.00. The Morgan fingerprint density at radius 3 is 2.61 bits per heavy atom. The van der Waals surface area contributed by atoms with Crippen LogP contribution in [0.2, 0.25) is 0 Å². The van der Waals surface area contributed by atoms with Crippen molar-refractivity contribution in [3.8, 4) is 12.8 Å². The van der Waals surface area contributed by atoms with E-state index in [4.69, 9.17) is 0 Å². The van der Waals surface area contributed by atoms with Crippen LogP contribution >= 0.6 is 0 Å². The van der Waals surface area contributed by atoms with Crippen LogP contribution in [0.25, 0.3) is 5.57 Å². The normalized spacial score (nSPS) is 13.1. The lowest BCUT2D eigenvalue weighted by atomic mass is 10.0. The minimum Gasteiger partial charge on any atom is -0.124 e. The smallest absolute Gasteiger partial charge is 0.00135 e. The van der Waals surface area contributed by atoms with Crippen LogP contribution in [-0.4, -0.2) is 0 Å². The Bertz CT molecular complexity index is 510. The monoisotopic (exact) mass is 236 g/mol. The summed E-state index contributed by atoms with van der Waals surface area (Å²) in [5.74, 6) is 0. The topological polar surface area (TPSA) is 0 Å². The van der Waals surface area contributed by atoms with Crippen LogP contribution in [0.4, 0.5) is 0 Å². The van der Waals surface area contributed by atoms with Gasteiger partial charge in [0.05, 0.1) is 0 Å². The van der Waals surface area contributed by atoms with Gasteiger partial charge in [-0.1, -0.05) is 49.9 Å². The van der Waals surface area contributed by atoms with Crippen molar-refractivity contribution < 1.29 is 0 Å². The molecule has 1 aromatic rings. The lowest BCUT2D eigenvalue weighted by molar-refractivity contribution is 1.12. The third kappa shape index (κ3) is 2.63. The van der Waals surface area contributed by atoms with Crippen LogP contribution in [0.1, 0.15) is 30.5 Å². The molecule has 0 bridgehead atoms. The van der Waals surface area contributed by atoms with E-state index in [9.17, 15) is 0 Å². The van der Waals surface area contributed by atoms with Gasteiger partial charge in [-0.05, 0) is 47.6 Å². The molecule has 0 radical (unpaired) electrons. The van der Waals surface area contributed by atoms with Gasteiger partial charge in [-0.2, -0.15) is 0 Å². The van der Waals surface area contributed by atoms with Crippen molar-refractivity contribution in [1.82, 2.24) is 0 Å². The Labute approximate surface area is 111 Å². The minimum absolute atomic E-state index is 1.05. The second kappa shape index (κ2) is 6.67. The number of allylic oxidation sites excluding steroid dienone is 5. The summed E-state index contributed by atoms with van der Waals surface area (Å²) in [7, 11) is 0. The molecule has 1 aliphatic carbocycles. The zero-order valence-electron chi connectivity index (χ0n) is 11.2. The number of hydrogen-bond donors (Lipinski definition) is 0. The molecule has 0 nitrogen and oxygen atoms in total. The van der Waals surface area contributed by atoms with Gasteiger partial charge in [-0.3, -0.25) is 0 Å². The van der Waals surface area contributed by atoms with Crippen molar-refractivity contribution in [3.05, 3.63) is 65.3 Å². The second-order valence-corrected chi connectivity index (χ2v) is 4.16. The van der Waals surface area contributed by atoms with Gasteiger partial charge in [0.1, 0.15) is 0 Å². The van der Waals surface area contributed by atoms with Crippen LogP contribution in [0.3, 0.4) is 0 Å². The van der Waals surface area contributed by atoms with Gasteiger partial charge in [0.15, 0.2) is 0 Å². The minimum atomic E-state index is 1.05. The molecule has 0 aliphatic heterocycles. The average molecular weight is 236 g/mol. The first-order valence-electron chi connectivity index (χ1n) is 6.24. The lowest BCUT2D eigenvalue weighted by Crippen LogP contribution is -1.87. The predicted molar refractivity (Wildman–Crippen MR) is 81.3 cm³/mol. The molecule has 0 N–H and O–H groups in total. The summed E-state index contributed by atoms with van der Waals surface area (Å²) in [5.41, 5.74) is 6.92. The Kier molecular flexibility index (Phi) is 5.21. The first kappa shape index (κ1) is 14.1. The third-order valence-corrected chi connectivity index (χ3v) is 3.17. The molecule has 0 unspecified atom stereocenters. The fourth-order valence-electron chi connectivity index (χ4n) is 2.34. The summed E-state index contributed by atoms with van der Waals surface area (Å²) < 4.78 is 0. The van der Waals surface area contributed by atoms with Gasteiger partial charge in [0, 0.05) is 0 Å². The molecule has 0 heteroatoms. The fraction of sp³-hybridized carbons (Fsp3) is 0.222. The highest BCUT2D eigenvalue weighted by atomic mass is 14.2. The standard InChI is InChI=1S/C16H18.C2H2/c1-4-7-13-11-14-10-12(5-2)8-9-16(14)15(13)6-3;1-2/h4,6-10H,3,5,11H2,1-2H3;1-2H/b7-4-;. The lowest BCUT2D eigenvalue weighted by Gasteiger charge is -2.03. The van der Waals surface area contributed by atoms with Crippen molar-refractivity contribution in [2.75, 3.05) is 0 Å². The molecule has 1 aliphatic rings. The molecular weight excluding hydrogens is 216 g/mol. The number of terminal acetylenes is 1. The number of hydrogen-bond acceptors (Lipinski definition) is 0. The molecule has 92 valence electrons. The van der Waals surface area contributed by atoms with Crippen molar-refractivity contribution >= 4 is 5.57 Å². The Hall–Kier alpha value is -2.00. The van der Waals surface area contributed by atoms with E-state index in [2.05, 4.69) is 63.6 Å². The number of aryl methyl sites for hydroxylation is 1. The molecule has 0 saturated carbocycles. The van der Waals surface area contributed by atoms with Crippen molar-refractivity contribution in [3.63, 3.8) is 0 Å². The van der Waals surface area contributed by atoms with Crippen LogP contribution in [0, 0.1) is 12.8 Å². The van der Waals surface area contributed by atoms with E-state index >= 15 is 0 Å². The summed E-state index contributed by atoms with van der Waals surface area (Å²) in [5, 5.41) is 0. The Balaban J connectivity index is 0.000000771. The molecule has 18 heavy (non-hydrogen) atoms. The van der Waals surface area contributed by atoms with Crippen molar-refractivity contribution in [2.24, 2.45) is 0 Å². The zero-order valence-corrected chi connectivity index (χ0v) is 11.2. The first-order valence-corrected chi connectivity index (χ1v) is 6.24. The van der Waals surface area contributed by atoms with E-state index < -0.39 is 0 Å². The van der Waals surface area contributed by atoms with Crippen LogP contribution in [-0.2, 0) is 12.8 Å².